The van der Waals surface area contributed by atoms with Gasteiger partial charge in [-0.05, 0) is 24.3 Å². The van der Waals surface area contributed by atoms with E-state index < -0.39 is 27.5 Å². The van der Waals surface area contributed by atoms with Gasteiger partial charge in [0.1, 0.15) is 0 Å². The van der Waals surface area contributed by atoms with Gasteiger partial charge in [0.2, 0.25) is 10.0 Å². The standard InChI is InChI=1S/C20H22N4O6S2/c1-14-12-23(19(25)13-30-18-10-5-4-9-17(18)24(26)27)20(31-14)21-15-7-6-8-16(11-15)32(28,29)22(2)3/h4-11,14H,12-13H2,1-3H3. The van der Waals surface area contributed by atoms with E-state index in [2.05, 4.69) is 4.99 Å². The number of amidine groups is 1. The van der Waals surface area contributed by atoms with Crippen molar-refractivity contribution >= 4 is 44.2 Å². The van der Waals surface area contributed by atoms with E-state index in [4.69, 9.17) is 4.74 Å². The summed E-state index contributed by atoms with van der Waals surface area (Å²) in [5.41, 5.74) is 0.166. The first kappa shape index (κ1) is 23.7. The number of rotatable bonds is 7. The van der Waals surface area contributed by atoms with Crippen LogP contribution in [-0.4, -0.2) is 66.1 Å². The van der Waals surface area contributed by atoms with E-state index in [1.165, 1.54) is 61.1 Å². The number of benzene rings is 2. The normalized spacial score (nSPS) is 17.7. The number of amides is 1. The number of nitro groups is 1. The van der Waals surface area contributed by atoms with E-state index >= 15 is 0 Å². The highest BCUT2D eigenvalue weighted by Gasteiger charge is 2.31. The van der Waals surface area contributed by atoms with Crippen LogP contribution in [0, 0.1) is 10.1 Å². The number of nitrogens with zero attached hydrogens (tertiary/aromatic N) is 4. The molecule has 0 saturated carbocycles. The summed E-state index contributed by atoms with van der Waals surface area (Å²) in [7, 11) is -0.734. The minimum atomic E-state index is -3.62. The molecule has 1 fully saturated rings. The molecule has 0 bridgehead atoms. The molecular weight excluding hydrogens is 456 g/mol. The second-order valence-electron chi connectivity index (χ2n) is 7.13. The van der Waals surface area contributed by atoms with Crippen LogP contribution in [0.2, 0.25) is 0 Å². The van der Waals surface area contributed by atoms with Crippen LogP contribution in [0.15, 0.2) is 58.4 Å². The van der Waals surface area contributed by atoms with Crippen LogP contribution in [0.5, 0.6) is 5.75 Å². The molecule has 2 aromatic carbocycles. The summed E-state index contributed by atoms with van der Waals surface area (Å²) in [5, 5.41) is 11.6. The van der Waals surface area contributed by atoms with E-state index in [0.29, 0.717) is 17.4 Å². The fourth-order valence-corrected chi connectivity index (χ4v) is 4.88. The number of nitro benzene ring substituents is 1. The summed E-state index contributed by atoms with van der Waals surface area (Å²) >= 11 is 1.38. The van der Waals surface area contributed by atoms with Gasteiger partial charge >= 0.3 is 5.69 Å². The lowest BCUT2D eigenvalue weighted by Crippen LogP contribution is -2.36. The molecule has 10 nitrogen and oxygen atoms in total. The minimum Gasteiger partial charge on any atom is -0.477 e. The third-order valence-electron chi connectivity index (χ3n) is 4.51. The van der Waals surface area contributed by atoms with Gasteiger partial charge in [0, 0.05) is 32.0 Å². The third-order valence-corrected chi connectivity index (χ3v) is 7.40. The van der Waals surface area contributed by atoms with Crippen LogP contribution >= 0.6 is 11.8 Å². The van der Waals surface area contributed by atoms with E-state index in [9.17, 15) is 23.3 Å². The van der Waals surface area contributed by atoms with Crippen LogP contribution in [0.3, 0.4) is 0 Å². The minimum absolute atomic E-state index is 0.00540. The van der Waals surface area contributed by atoms with E-state index in [1.54, 1.807) is 18.2 Å². The molecule has 3 rings (SSSR count). The van der Waals surface area contributed by atoms with Crippen molar-refractivity contribution in [2.45, 2.75) is 17.1 Å². The molecule has 2 aromatic rings. The van der Waals surface area contributed by atoms with Crippen LogP contribution in [-0.2, 0) is 14.8 Å². The monoisotopic (exact) mass is 478 g/mol. The highest BCUT2D eigenvalue weighted by atomic mass is 32.2. The smallest absolute Gasteiger partial charge is 0.310 e. The average Bonchev–Trinajstić information content (AvgIpc) is 3.12. The number of sulfonamides is 1. The Kier molecular flexibility index (Phi) is 7.16. The number of hydrogen-bond acceptors (Lipinski definition) is 8. The van der Waals surface area contributed by atoms with Gasteiger partial charge in [0.25, 0.3) is 5.91 Å². The molecule has 1 aliphatic heterocycles. The molecule has 32 heavy (non-hydrogen) atoms. The summed E-state index contributed by atoms with van der Waals surface area (Å²) in [4.78, 5) is 29.4. The Morgan fingerprint density at radius 3 is 2.69 bits per heavy atom. The molecule has 170 valence electrons. The molecule has 1 atom stereocenters. The van der Waals surface area contributed by atoms with Gasteiger partial charge in [0.05, 0.1) is 15.5 Å². The van der Waals surface area contributed by atoms with Crippen molar-refractivity contribution in [2.75, 3.05) is 27.2 Å². The van der Waals surface area contributed by atoms with E-state index in [-0.39, 0.29) is 21.6 Å². The number of ether oxygens (including phenoxy) is 1. The first-order valence-corrected chi connectivity index (χ1v) is 11.9. The second kappa shape index (κ2) is 9.67. The number of carbonyl (C=O) groups excluding carboxylic acids is 1. The SMILES string of the molecule is CC1CN(C(=O)COc2ccccc2[N+](=O)[O-])C(=Nc2cccc(S(=O)(=O)N(C)C)c2)S1. The zero-order valence-electron chi connectivity index (χ0n) is 17.7. The number of para-hydroxylation sites is 2. The Morgan fingerprint density at radius 2 is 2.00 bits per heavy atom. The molecule has 1 heterocycles. The lowest BCUT2D eigenvalue weighted by molar-refractivity contribution is -0.385. The predicted octanol–water partition coefficient (Wildman–Crippen LogP) is 2.88. The molecular formula is C20H22N4O6S2. The topological polar surface area (TPSA) is 122 Å². The first-order valence-electron chi connectivity index (χ1n) is 9.54. The van der Waals surface area contributed by atoms with Crippen molar-refractivity contribution in [2.24, 2.45) is 4.99 Å². The van der Waals surface area contributed by atoms with Gasteiger partial charge in [-0.1, -0.05) is 36.9 Å². The zero-order chi connectivity index (χ0) is 23.5. The van der Waals surface area contributed by atoms with Crippen LogP contribution in [0.4, 0.5) is 11.4 Å². The quantitative estimate of drug-likeness (QED) is 0.443. The molecule has 0 aromatic heterocycles. The van der Waals surface area contributed by atoms with Gasteiger partial charge in [0.15, 0.2) is 17.5 Å². The van der Waals surface area contributed by atoms with Gasteiger partial charge in [-0.3, -0.25) is 19.8 Å². The lowest BCUT2D eigenvalue weighted by atomic mass is 10.3. The molecule has 1 amide bonds. The number of hydrogen-bond donors (Lipinski definition) is 0. The Labute approximate surface area is 190 Å². The Hall–Kier alpha value is -2.96. The molecule has 12 heteroatoms. The molecule has 1 saturated heterocycles. The van der Waals surface area contributed by atoms with Crippen molar-refractivity contribution < 1.29 is 22.9 Å². The Balaban J connectivity index is 1.80. The highest BCUT2D eigenvalue weighted by molar-refractivity contribution is 8.14. The van der Waals surface area contributed by atoms with Gasteiger partial charge in [-0.2, -0.15) is 0 Å². The van der Waals surface area contributed by atoms with E-state index in [0.717, 1.165) is 4.31 Å². The summed E-state index contributed by atoms with van der Waals surface area (Å²) in [6.07, 6.45) is 0. The van der Waals surface area contributed by atoms with Crippen LogP contribution in [0.25, 0.3) is 0 Å². The van der Waals surface area contributed by atoms with Crippen molar-refractivity contribution in [3.63, 3.8) is 0 Å². The van der Waals surface area contributed by atoms with Crippen molar-refractivity contribution in [1.82, 2.24) is 9.21 Å². The summed E-state index contributed by atoms with van der Waals surface area (Å²) in [6.45, 7) is 1.92. The molecule has 1 aliphatic rings. The maximum atomic E-state index is 12.8. The fourth-order valence-electron chi connectivity index (χ4n) is 2.89. The average molecular weight is 479 g/mol. The summed E-state index contributed by atoms with van der Waals surface area (Å²) in [5.74, 6) is -0.401. The number of carbonyl (C=O) groups is 1. The molecule has 0 radical (unpaired) electrons. The van der Waals surface area contributed by atoms with Crippen LogP contribution < -0.4 is 4.74 Å². The predicted molar refractivity (Wildman–Crippen MR) is 122 cm³/mol. The Morgan fingerprint density at radius 1 is 1.28 bits per heavy atom. The van der Waals surface area contributed by atoms with Crippen molar-refractivity contribution in [3.8, 4) is 5.75 Å². The summed E-state index contributed by atoms with van der Waals surface area (Å²) in [6, 6.07) is 12.0. The molecule has 0 spiro atoms. The zero-order valence-corrected chi connectivity index (χ0v) is 19.3. The van der Waals surface area contributed by atoms with Crippen molar-refractivity contribution in [1.29, 1.82) is 0 Å². The largest absolute Gasteiger partial charge is 0.477 e. The highest BCUT2D eigenvalue weighted by Crippen LogP contribution is 2.30. The molecule has 0 N–H and O–H groups in total. The molecule has 1 unspecified atom stereocenters. The summed E-state index contributed by atoms with van der Waals surface area (Å²) < 4.78 is 31.3. The van der Waals surface area contributed by atoms with E-state index in [1.807, 2.05) is 6.92 Å². The third kappa shape index (κ3) is 5.26. The number of aliphatic imine (C=N–C) groups is 1. The first-order chi connectivity index (χ1) is 15.1. The fraction of sp³-hybridized carbons (Fsp3) is 0.300. The maximum Gasteiger partial charge on any atom is 0.310 e. The van der Waals surface area contributed by atoms with Crippen molar-refractivity contribution in [3.05, 3.63) is 58.6 Å². The van der Waals surface area contributed by atoms with Crippen LogP contribution in [0.1, 0.15) is 6.92 Å². The lowest BCUT2D eigenvalue weighted by Gasteiger charge is -2.17. The maximum absolute atomic E-state index is 12.8. The number of thioether (sulfide) groups is 1. The van der Waals surface area contributed by atoms with Gasteiger partial charge in [-0.25, -0.2) is 17.7 Å². The van der Waals surface area contributed by atoms with Gasteiger partial charge in [-0.15, -0.1) is 0 Å². The Bertz CT molecular complexity index is 1170. The van der Waals surface area contributed by atoms with Gasteiger partial charge < -0.3 is 4.74 Å². The second-order valence-corrected chi connectivity index (χ2v) is 10.7. The molecule has 0 aliphatic carbocycles.